The lowest BCUT2D eigenvalue weighted by atomic mass is 10.2. The van der Waals surface area contributed by atoms with Gasteiger partial charge >= 0.3 is 5.97 Å². The number of aromatic hydroxyl groups is 1. The number of halogens is 1. The van der Waals surface area contributed by atoms with Gasteiger partial charge in [0.25, 0.3) is 0 Å². The van der Waals surface area contributed by atoms with E-state index in [-0.39, 0.29) is 22.7 Å². The summed E-state index contributed by atoms with van der Waals surface area (Å²) in [5.74, 6) is -0.283. The molecule has 8 heteroatoms. The molecular formula is C14H15FN2O3S2. The fraction of sp³-hybridized carbons (Fsp3) is 0.429. The molecule has 1 saturated heterocycles. The van der Waals surface area contributed by atoms with E-state index in [1.165, 1.54) is 30.0 Å². The average molecular weight is 342 g/mol. The van der Waals surface area contributed by atoms with Crippen LogP contribution in [-0.4, -0.2) is 62.1 Å². The molecule has 2 aliphatic heterocycles. The standard InChI is InChI=1S/C14H15FN2O3S2/c1-17-9(14(19)20)6-22-13(17)8-5-21-12(16-8)11-7(15)3-2-4-10(11)18/h2-4,8-9,13,18H,5-6H2,1H3,(H,19,20)/t8?,9-,13+/m1/s1. The van der Waals surface area contributed by atoms with Gasteiger partial charge in [0.2, 0.25) is 0 Å². The first kappa shape index (κ1) is 15.6. The zero-order chi connectivity index (χ0) is 15.9. The Labute approximate surface area is 135 Å². The quantitative estimate of drug-likeness (QED) is 0.873. The van der Waals surface area contributed by atoms with Crippen LogP contribution in [0.5, 0.6) is 5.75 Å². The smallest absolute Gasteiger partial charge is 0.321 e. The van der Waals surface area contributed by atoms with E-state index in [9.17, 15) is 14.3 Å². The van der Waals surface area contributed by atoms with Crippen molar-refractivity contribution in [3.05, 3.63) is 29.6 Å². The minimum atomic E-state index is -0.834. The van der Waals surface area contributed by atoms with Gasteiger partial charge in [-0.1, -0.05) is 6.07 Å². The molecule has 0 amide bonds. The summed E-state index contributed by atoms with van der Waals surface area (Å²) in [7, 11) is 1.78. The van der Waals surface area contributed by atoms with Crippen LogP contribution >= 0.6 is 23.5 Å². The number of carboxylic acids is 1. The van der Waals surface area contributed by atoms with E-state index in [1.54, 1.807) is 18.8 Å². The van der Waals surface area contributed by atoms with Gasteiger partial charge in [0.05, 0.1) is 17.0 Å². The third-order valence-corrected chi connectivity index (χ3v) is 6.40. The third-order valence-electron chi connectivity index (χ3n) is 3.81. The van der Waals surface area contributed by atoms with Crippen LogP contribution in [0.3, 0.4) is 0 Å². The van der Waals surface area contributed by atoms with E-state index < -0.39 is 17.8 Å². The summed E-state index contributed by atoms with van der Waals surface area (Å²) < 4.78 is 13.9. The molecule has 1 fully saturated rings. The number of aliphatic imine (C=N–C) groups is 1. The zero-order valence-corrected chi connectivity index (χ0v) is 13.4. The number of phenols is 1. The molecule has 0 radical (unpaired) electrons. The summed E-state index contributed by atoms with van der Waals surface area (Å²) in [6.45, 7) is 0. The minimum absolute atomic E-state index is 0.0417. The minimum Gasteiger partial charge on any atom is -0.507 e. The Hall–Kier alpha value is -1.25. The maximum atomic E-state index is 13.9. The van der Waals surface area contributed by atoms with Crippen molar-refractivity contribution in [3.63, 3.8) is 0 Å². The number of carboxylic acid groups (broad SMARTS) is 1. The Morgan fingerprint density at radius 1 is 1.45 bits per heavy atom. The summed E-state index contributed by atoms with van der Waals surface area (Å²) in [5.41, 5.74) is 0.135. The highest BCUT2D eigenvalue weighted by atomic mass is 32.2. The molecule has 0 bridgehead atoms. The van der Waals surface area contributed by atoms with Gasteiger partial charge in [0, 0.05) is 11.5 Å². The Balaban J connectivity index is 1.82. The van der Waals surface area contributed by atoms with Gasteiger partial charge < -0.3 is 10.2 Å². The molecule has 3 rings (SSSR count). The van der Waals surface area contributed by atoms with Crippen molar-refractivity contribution in [2.24, 2.45) is 4.99 Å². The van der Waals surface area contributed by atoms with Gasteiger partial charge in [0.15, 0.2) is 0 Å². The normalized spacial score (nSPS) is 28.8. The van der Waals surface area contributed by atoms with Crippen LogP contribution < -0.4 is 0 Å². The highest BCUT2D eigenvalue weighted by Crippen LogP contribution is 2.38. The van der Waals surface area contributed by atoms with Gasteiger partial charge in [-0.15, -0.1) is 23.5 Å². The van der Waals surface area contributed by atoms with Crippen molar-refractivity contribution in [2.75, 3.05) is 18.6 Å². The van der Waals surface area contributed by atoms with E-state index >= 15 is 0 Å². The van der Waals surface area contributed by atoms with Crippen molar-refractivity contribution in [3.8, 4) is 5.75 Å². The topological polar surface area (TPSA) is 73.1 Å². The SMILES string of the molecule is CN1[C@@H](C(=O)O)CS[C@H]1C1CSC(c2c(O)cccc2F)=N1. The Bertz CT molecular complexity index is 620. The zero-order valence-electron chi connectivity index (χ0n) is 11.8. The average Bonchev–Trinajstić information content (AvgIpc) is 3.05. The van der Waals surface area contributed by atoms with Crippen LogP contribution in [0, 0.1) is 5.82 Å². The highest BCUT2D eigenvalue weighted by molar-refractivity contribution is 8.14. The van der Waals surface area contributed by atoms with Gasteiger partial charge in [-0.2, -0.15) is 0 Å². The first-order chi connectivity index (χ1) is 10.5. The van der Waals surface area contributed by atoms with Crippen LogP contribution in [-0.2, 0) is 4.79 Å². The van der Waals surface area contributed by atoms with Crippen molar-refractivity contribution >= 4 is 34.5 Å². The molecule has 1 aromatic carbocycles. The number of likely N-dealkylation sites (N-methyl/N-ethyl adjacent to an activating group) is 1. The fourth-order valence-electron chi connectivity index (χ4n) is 2.63. The van der Waals surface area contributed by atoms with Gasteiger partial charge in [0.1, 0.15) is 22.7 Å². The molecule has 2 N–H and O–H groups in total. The first-order valence-electron chi connectivity index (χ1n) is 6.74. The van der Waals surface area contributed by atoms with Gasteiger partial charge in [-0.3, -0.25) is 14.7 Å². The molecule has 2 aliphatic rings. The summed E-state index contributed by atoms with van der Waals surface area (Å²) in [6.07, 6.45) is 0. The van der Waals surface area contributed by atoms with Crippen molar-refractivity contribution in [1.82, 2.24) is 4.90 Å². The Kier molecular flexibility index (Phi) is 4.33. The molecule has 0 saturated carbocycles. The highest BCUT2D eigenvalue weighted by Gasteiger charge is 2.41. The van der Waals surface area contributed by atoms with E-state index in [0.717, 1.165) is 0 Å². The van der Waals surface area contributed by atoms with Crippen LogP contribution in [0.25, 0.3) is 0 Å². The number of thioether (sulfide) groups is 2. The summed E-state index contributed by atoms with van der Waals surface area (Å²) >= 11 is 2.95. The number of benzene rings is 1. The fourth-order valence-corrected chi connectivity index (χ4v) is 5.41. The van der Waals surface area contributed by atoms with Crippen molar-refractivity contribution in [2.45, 2.75) is 17.5 Å². The van der Waals surface area contributed by atoms with Crippen molar-refractivity contribution in [1.29, 1.82) is 0 Å². The molecule has 3 atom stereocenters. The van der Waals surface area contributed by atoms with E-state index in [4.69, 9.17) is 5.11 Å². The van der Waals surface area contributed by atoms with Crippen LogP contribution in [0.4, 0.5) is 4.39 Å². The molecule has 1 aromatic rings. The predicted molar refractivity (Wildman–Crippen MR) is 86.3 cm³/mol. The van der Waals surface area contributed by atoms with Gasteiger partial charge in [-0.05, 0) is 19.2 Å². The second-order valence-corrected chi connectivity index (χ2v) is 7.35. The molecule has 0 spiro atoms. The molecule has 0 aliphatic carbocycles. The van der Waals surface area contributed by atoms with Crippen LogP contribution in [0.15, 0.2) is 23.2 Å². The summed E-state index contributed by atoms with van der Waals surface area (Å²) in [4.78, 5) is 17.5. The lowest BCUT2D eigenvalue weighted by Gasteiger charge is -2.24. The molecule has 118 valence electrons. The monoisotopic (exact) mass is 342 g/mol. The number of aliphatic carboxylic acids is 1. The largest absolute Gasteiger partial charge is 0.507 e. The maximum absolute atomic E-state index is 13.9. The van der Waals surface area contributed by atoms with E-state index in [2.05, 4.69) is 4.99 Å². The summed E-state index contributed by atoms with van der Waals surface area (Å²) in [5, 5.41) is 19.4. The van der Waals surface area contributed by atoms with Gasteiger partial charge in [-0.25, -0.2) is 4.39 Å². The number of rotatable bonds is 3. The predicted octanol–water partition coefficient (Wildman–Crippen LogP) is 1.85. The molecule has 22 heavy (non-hydrogen) atoms. The van der Waals surface area contributed by atoms with Crippen LogP contribution in [0.2, 0.25) is 0 Å². The van der Waals surface area contributed by atoms with Crippen LogP contribution in [0.1, 0.15) is 5.56 Å². The number of hydrogen-bond acceptors (Lipinski definition) is 6. The number of phenolic OH excluding ortho intramolecular Hbond substituents is 1. The Morgan fingerprint density at radius 3 is 2.86 bits per heavy atom. The number of nitrogens with zero attached hydrogens (tertiary/aromatic N) is 2. The summed E-state index contributed by atoms with van der Waals surface area (Å²) in [6, 6.07) is 3.55. The molecule has 1 unspecified atom stereocenters. The molecule has 0 aromatic heterocycles. The third kappa shape index (κ3) is 2.70. The molecular weight excluding hydrogens is 327 g/mol. The first-order valence-corrected chi connectivity index (χ1v) is 8.77. The molecule has 5 nitrogen and oxygen atoms in total. The lowest BCUT2D eigenvalue weighted by molar-refractivity contribution is -0.141. The van der Waals surface area contributed by atoms with E-state index in [0.29, 0.717) is 16.5 Å². The second-order valence-electron chi connectivity index (χ2n) is 5.19. The second kappa shape index (κ2) is 6.10. The Morgan fingerprint density at radius 2 is 2.23 bits per heavy atom. The number of hydrogen-bond donors (Lipinski definition) is 2. The van der Waals surface area contributed by atoms with Crippen molar-refractivity contribution < 1.29 is 19.4 Å². The maximum Gasteiger partial charge on any atom is 0.321 e. The number of carbonyl (C=O) groups is 1. The lowest BCUT2D eigenvalue weighted by Crippen LogP contribution is -2.42. The van der Waals surface area contributed by atoms with E-state index in [1.807, 2.05) is 4.90 Å². The molecule has 2 heterocycles.